The van der Waals surface area contributed by atoms with Crippen LogP contribution in [0.3, 0.4) is 0 Å². The predicted octanol–water partition coefficient (Wildman–Crippen LogP) is 3.96. The first kappa shape index (κ1) is 12.5. The fourth-order valence-corrected chi connectivity index (χ4v) is 2.73. The van der Waals surface area contributed by atoms with Gasteiger partial charge in [-0.3, -0.25) is 4.90 Å². The number of halogens is 2. The van der Waals surface area contributed by atoms with E-state index in [1.807, 2.05) is 0 Å². The van der Waals surface area contributed by atoms with Crippen LogP contribution in [0.5, 0.6) is 0 Å². The fraction of sp³-hybridized carbons (Fsp3) is 0.600. The van der Waals surface area contributed by atoms with Crippen molar-refractivity contribution in [2.75, 3.05) is 12.9 Å². The molecule has 0 saturated heterocycles. The Bertz CT molecular complexity index is 298. The molecule has 1 rings (SSSR count). The van der Waals surface area contributed by atoms with E-state index in [9.17, 15) is 0 Å². The molecule has 4 heteroatoms. The molecule has 0 N–H and O–H groups in total. The first-order valence-electron chi connectivity index (χ1n) is 4.47. The molecular formula is C10H15BrClNS. The lowest BCUT2D eigenvalue weighted by Gasteiger charge is -2.33. The van der Waals surface area contributed by atoms with Gasteiger partial charge < -0.3 is 0 Å². The third-order valence-electron chi connectivity index (χ3n) is 2.38. The van der Waals surface area contributed by atoms with Gasteiger partial charge in [0.05, 0.1) is 3.79 Å². The Labute approximate surface area is 103 Å². The van der Waals surface area contributed by atoms with Gasteiger partial charge in [-0.15, -0.1) is 22.9 Å². The third kappa shape index (κ3) is 3.23. The van der Waals surface area contributed by atoms with Crippen LogP contribution in [0.1, 0.15) is 18.7 Å². The van der Waals surface area contributed by atoms with E-state index >= 15 is 0 Å². The van der Waals surface area contributed by atoms with Gasteiger partial charge in [-0.25, -0.2) is 0 Å². The Hall–Kier alpha value is 0.430. The molecule has 14 heavy (non-hydrogen) atoms. The summed E-state index contributed by atoms with van der Waals surface area (Å²) in [7, 11) is 2.11. The number of thiophene rings is 1. The minimum Gasteiger partial charge on any atom is -0.295 e. The number of alkyl halides is 1. The monoisotopic (exact) mass is 295 g/mol. The van der Waals surface area contributed by atoms with Gasteiger partial charge in [-0.1, -0.05) is 0 Å². The highest BCUT2D eigenvalue weighted by atomic mass is 79.9. The van der Waals surface area contributed by atoms with Gasteiger partial charge in [0.15, 0.2) is 0 Å². The minimum absolute atomic E-state index is 0.0536. The molecular weight excluding hydrogens is 282 g/mol. The van der Waals surface area contributed by atoms with Crippen molar-refractivity contribution in [3.05, 3.63) is 20.8 Å². The first-order valence-corrected chi connectivity index (χ1v) is 6.61. The lowest BCUT2D eigenvalue weighted by Crippen LogP contribution is -2.41. The average Bonchev–Trinajstić information content (AvgIpc) is 2.51. The van der Waals surface area contributed by atoms with Crippen molar-refractivity contribution in [3.63, 3.8) is 0 Å². The van der Waals surface area contributed by atoms with Gasteiger partial charge in [0, 0.05) is 22.8 Å². The van der Waals surface area contributed by atoms with Gasteiger partial charge in [-0.2, -0.15) is 0 Å². The SMILES string of the molecule is CN(Cc1ccc(Br)s1)C(C)(C)CCl. The van der Waals surface area contributed by atoms with E-state index < -0.39 is 0 Å². The Kier molecular flexibility index (Phi) is 4.44. The second kappa shape index (κ2) is 4.97. The molecule has 0 saturated carbocycles. The van der Waals surface area contributed by atoms with Crippen LogP contribution in [0.2, 0.25) is 0 Å². The van der Waals surface area contributed by atoms with Gasteiger partial charge in [-0.05, 0) is 49.0 Å². The molecule has 1 heterocycles. The molecule has 0 radical (unpaired) electrons. The fourth-order valence-electron chi connectivity index (χ4n) is 0.987. The molecule has 0 spiro atoms. The molecule has 0 aliphatic heterocycles. The summed E-state index contributed by atoms with van der Waals surface area (Å²) in [4.78, 5) is 3.63. The maximum Gasteiger partial charge on any atom is 0.0701 e. The average molecular weight is 297 g/mol. The molecule has 0 aliphatic rings. The summed E-state index contributed by atoms with van der Waals surface area (Å²) in [6.45, 7) is 5.27. The zero-order valence-corrected chi connectivity index (χ0v) is 11.8. The lowest BCUT2D eigenvalue weighted by atomic mass is 10.1. The molecule has 0 aromatic carbocycles. The highest BCUT2D eigenvalue weighted by molar-refractivity contribution is 9.11. The van der Waals surface area contributed by atoms with Crippen molar-refractivity contribution in [3.8, 4) is 0 Å². The second-order valence-corrected chi connectivity index (χ2v) is 6.82. The number of rotatable bonds is 4. The van der Waals surface area contributed by atoms with Crippen LogP contribution < -0.4 is 0 Å². The number of hydrogen-bond donors (Lipinski definition) is 0. The van der Waals surface area contributed by atoms with Crippen LogP contribution in [-0.4, -0.2) is 23.4 Å². The van der Waals surface area contributed by atoms with E-state index in [0.29, 0.717) is 5.88 Å². The molecule has 0 fully saturated rings. The summed E-state index contributed by atoms with van der Waals surface area (Å²) >= 11 is 11.2. The highest BCUT2D eigenvalue weighted by Gasteiger charge is 2.22. The molecule has 0 amide bonds. The quantitative estimate of drug-likeness (QED) is 0.760. The van der Waals surface area contributed by atoms with Crippen LogP contribution in [0.15, 0.2) is 15.9 Å². The zero-order chi connectivity index (χ0) is 10.8. The minimum atomic E-state index is 0.0536. The van der Waals surface area contributed by atoms with Crippen LogP contribution >= 0.6 is 38.9 Å². The van der Waals surface area contributed by atoms with E-state index in [1.54, 1.807) is 11.3 Å². The van der Waals surface area contributed by atoms with Crippen molar-refractivity contribution in [2.24, 2.45) is 0 Å². The Balaban J connectivity index is 2.61. The molecule has 0 aliphatic carbocycles. The van der Waals surface area contributed by atoms with Gasteiger partial charge >= 0.3 is 0 Å². The summed E-state index contributed by atoms with van der Waals surface area (Å²) in [5.41, 5.74) is 0.0536. The van der Waals surface area contributed by atoms with Gasteiger partial charge in [0.1, 0.15) is 0 Å². The molecule has 1 nitrogen and oxygen atoms in total. The Morgan fingerprint density at radius 1 is 1.50 bits per heavy atom. The van der Waals surface area contributed by atoms with Crippen LogP contribution in [0.25, 0.3) is 0 Å². The largest absolute Gasteiger partial charge is 0.295 e. The smallest absolute Gasteiger partial charge is 0.0701 e. The molecule has 1 aromatic rings. The van der Waals surface area contributed by atoms with Crippen molar-refractivity contribution < 1.29 is 0 Å². The molecule has 0 unspecified atom stereocenters. The molecule has 0 atom stereocenters. The highest BCUT2D eigenvalue weighted by Crippen LogP contribution is 2.25. The summed E-state index contributed by atoms with van der Waals surface area (Å²) in [5.74, 6) is 0.649. The van der Waals surface area contributed by atoms with E-state index in [2.05, 4.69) is 53.9 Å². The first-order chi connectivity index (χ1) is 6.45. The normalized spacial score (nSPS) is 12.4. The molecule has 1 aromatic heterocycles. The van der Waals surface area contributed by atoms with Crippen molar-refractivity contribution in [1.29, 1.82) is 0 Å². The standard InChI is InChI=1S/C10H15BrClNS/c1-10(2,7-12)13(3)6-8-4-5-9(11)14-8/h4-5H,6-7H2,1-3H3. The van der Waals surface area contributed by atoms with Crippen molar-refractivity contribution in [1.82, 2.24) is 4.90 Å². The van der Waals surface area contributed by atoms with Crippen LogP contribution in [0.4, 0.5) is 0 Å². The van der Waals surface area contributed by atoms with E-state index in [0.717, 1.165) is 6.54 Å². The maximum absolute atomic E-state index is 5.91. The maximum atomic E-state index is 5.91. The van der Waals surface area contributed by atoms with Crippen molar-refractivity contribution in [2.45, 2.75) is 25.9 Å². The van der Waals surface area contributed by atoms with E-state index in [4.69, 9.17) is 11.6 Å². The summed E-state index contributed by atoms with van der Waals surface area (Å²) in [6, 6.07) is 4.23. The summed E-state index contributed by atoms with van der Waals surface area (Å²) in [6.07, 6.45) is 0. The van der Waals surface area contributed by atoms with Crippen LogP contribution in [-0.2, 0) is 6.54 Å². The Morgan fingerprint density at radius 3 is 2.57 bits per heavy atom. The van der Waals surface area contributed by atoms with E-state index in [1.165, 1.54) is 8.66 Å². The zero-order valence-electron chi connectivity index (χ0n) is 8.68. The van der Waals surface area contributed by atoms with E-state index in [-0.39, 0.29) is 5.54 Å². The Morgan fingerprint density at radius 2 is 2.14 bits per heavy atom. The van der Waals surface area contributed by atoms with Crippen LogP contribution in [0, 0.1) is 0 Å². The van der Waals surface area contributed by atoms with Crippen molar-refractivity contribution >= 4 is 38.9 Å². The van der Waals surface area contributed by atoms with Gasteiger partial charge in [0.25, 0.3) is 0 Å². The predicted molar refractivity (Wildman–Crippen MR) is 68.3 cm³/mol. The lowest BCUT2D eigenvalue weighted by molar-refractivity contribution is 0.172. The molecule has 80 valence electrons. The second-order valence-electron chi connectivity index (χ2n) is 4.01. The number of nitrogens with zero attached hydrogens (tertiary/aromatic N) is 1. The molecule has 0 bridgehead atoms. The topological polar surface area (TPSA) is 3.24 Å². The summed E-state index contributed by atoms with van der Waals surface area (Å²) in [5, 5.41) is 0. The van der Waals surface area contributed by atoms with Gasteiger partial charge in [0.2, 0.25) is 0 Å². The number of hydrogen-bond acceptors (Lipinski definition) is 2. The summed E-state index contributed by atoms with van der Waals surface area (Å²) < 4.78 is 1.18. The third-order valence-corrected chi connectivity index (χ3v) is 4.64.